The molecule has 0 radical (unpaired) electrons. The van der Waals surface area contributed by atoms with Crippen molar-refractivity contribution in [3.05, 3.63) is 121 Å². The van der Waals surface area contributed by atoms with Gasteiger partial charge in [0.15, 0.2) is 0 Å². The van der Waals surface area contributed by atoms with Crippen LogP contribution >= 0.6 is 15.8 Å². The quantitative estimate of drug-likeness (QED) is 0.192. The van der Waals surface area contributed by atoms with Gasteiger partial charge < -0.3 is 10.2 Å². The lowest BCUT2D eigenvalue weighted by molar-refractivity contribution is -0.141. The summed E-state index contributed by atoms with van der Waals surface area (Å²) in [6, 6.07) is 40.5. The minimum Gasteiger partial charge on any atom is -0.481 e. The third-order valence-corrected chi connectivity index (χ3v) is 12.2. The average molecular weight is 557 g/mol. The molecular formula is C33H34O4P2. The number of carboxylic acids is 2. The van der Waals surface area contributed by atoms with Crippen LogP contribution in [0.3, 0.4) is 0 Å². The Kier molecular flexibility index (Phi) is 10.8. The van der Waals surface area contributed by atoms with Crippen LogP contribution in [-0.4, -0.2) is 34.5 Å². The van der Waals surface area contributed by atoms with Crippen LogP contribution in [0.5, 0.6) is 0 Å². The summed E-state index contributed by atoms with van der Waals surface area (Å²) >= 11 is 0. The fourth-order valence-corrected chi connectivity index (χ4v) is 9.92. The Hall–Kier alpha value is -3.32. The first-order valence-corrected chi connectivity index (χ1v) is 16.3. The molecule has 2 atom stereocenters. The largest absolute Gasteiger partial charge is 0.481 e. The molecule has 0 bridgehead atoms. The topological polar surface area (TPSA) is 74.6 Å². The highest BCUT2D eigenvalue weighted by Crippen LogP contribution is 2.39. The van der Waals surface area contributed by atoms with Gasteiger partial charge in [-0.15, -0.1) is 0 Å². The second-order valence-electron chi connectivity index (χ2n) is 9.56. The van der Waals surface area contributed by atoms with E-state index >= 15 is 0 Å². The van der Waals surface area contributed by atoms with Gasteiger partial charge in [0.1, 0.15) is 0 Å². The summed E-state index contributed by atoms with van der Waals surface area (Å²) in [6.07, 6.45) is 2.57. The summed E-state index contributed by atoms with van der Waals surface area (Å²) in [5.41, 5.74) is 0. The molecule has 2 N–H and O–H groups in total. The van der Waals surface area contributed by atoms with Crippen molar-refractivity contribution in [3.8, 4) is 0 Å². The lowest BCUT2D eigenvalue weighted by Gasteiger charge is -2.24. The van der Waals surface area contributed by atoms with Gasteiger partial charge in [0.05, 0.1) is 11.8 Å². The second-order valence-corrected chi connectivity index (χ2v) is 14.1. The molecule has 6 heteroatoms. The van der Waals surface area contributed by atoms with E-state index in [-0.39, 0.29) is 0 Å². The molecule has 0 aliphatic heterocycles. The maximum atomic E-state index is 12.4. The number of benzene rings is 4. The lowest BCUT2D eigenvalue weighted by Crippen LogP contribution is -2.25. The van der Waals surface area contributed by atoms with E-state index in [1.807, 2.05) is 72.8 Å². The van der Waals surface area contributed by atoms with E-state index < -0.39 is 39.6 Å². The molecule has 4 aromatic carbocycles. The molecule has 0 aromatic heterocycles. The van der Waals surface area contributed by atoms with Crippen molar-refractivity contribution >= 4 is 49.0 Å². The van der Waals surface area contributed by atoms with Crippen LogP contribution in [0, 0.1) is 11.8 Å². The number of carboxylic acid groups (broad SMARTS) is 2. The number of rotatable bonds is 14. The van der Waals surface area contributed by atoms with Gasteiger partial charge in [-0.1, -0.05) is 128 Å². The summed E-state index contributed by atoms with van der Waals surface area (Å²) in [5, 5.41) is 24.9. The molecule has 4 aromatic rings. The minimum atomic E-state index is -0.836. The van der Waals surface area contributed by atoms with Crippen molar-refractivity contribution < 1.29 is 19.8 Å². The van der Waals surface area contributed by atoms with Gasteiger partial charge in [0.25, 0.3) is 0 Å². The highest BCUT2D eigenvalue weighted by Gasteiger charge is 2.28. The standard InChI is InChI=1S/C33H34O4P2/c34-32(35)26(24-38(28-16-5-1-6-17-28)29-18-7-2-8-19-29)14-13-15-27(33(36)37)25-39(30-20-9-3-10-21-30)31-22-11-4-12-23-31/h1-12,16-23,26-27H,13-15,24-25H2,(H,34,35)(H,36,37). The number of carbonyl (C=O) groups is 2. The summed E-state index contributed by atoms with van der Waals surface area (Å²) in [5.74, 6) is -2.68. The Morgan fingerprint density at radius 1 is 0.487 bits per heavy atom. The molecule has 2 unspecified atom stereocenters. The number of hydrogen-bond acceptors (Lipinski definition) is 2. The zero-order valence-electron chi connectivity index (χ0n) is 21.8. The van der Waals surface area contributed by atoms with Crippen LogP contribution in [0.25, 0.3) is 0 Å². The average Bonchev–Trinajstić information content (AvgIpc) is 2.98. The zero-order valence-corrected chi connectivity index (χ0v) is 23.6. The third kappa shape index (κ3) is 8.33. The highest BCUT2D eigenvalue weighted by molar-refractivity contribution is 7.73. The summed E-state index contributed by atoms with van der Waals surface area (Å²) < 4.78 is 0. The van der Waals surface area contributed by atoms with Crippen molar-refractivity contribution in [2.45, 2.75) is 19.3 Å². The first-order valence-electron chi connectivity index (χ1n) is 13.2. The first-order chi connectivity index (χ1) is 19.0. The van der Waals surface area contributed by atoms with E-state index in [9.17, 15) is 19.8 Å². The first kappa shape index (κ1) is 28.7. The van der Waals surface area contributed by atoms with Crippen LogP contribution < -0.4 is 21.2 Å². The zero-order chi connectivity index (χ0) is 27.5. The molecule has 0 amide bonds. The van der Waals surface area contributed by atoms with Gasteiger partial charge in [-0.25, -0.2) is 0 Å². The molecule has 4 rings (SSSR count). The molecule has 0 saturated carbocycles. The van der Waals surface area contributed by atoms with Gasteiger partial charge in [-0.2, -0.15) is 0 Å². The maximum absolute atomic E-state index is 12.4. The van der Waals surface area contributed by atoms with Gasteiger partial charge in [-0.3, -0.25) is 9.59 Å². The maximum Gasteiger partial charge on any atom is 0.306 e. The van der Waals surface area contributed by atoms with Crippen molar-refractivity contribution in [2.75, 3.05) is 12.3 Å². The van der Waals surface area contributed by atoms with E-state index in [4.69, 9.17) is 0 Å². The number of aliphatic carboxylic acids is 2. The van der Waals surface area contributed by atoms with Gasteiger partial charge in [0, 0.05) is 0 Å². The van der Waals surface area contributed by atoms with E-state index in [1.54, 1.807) is 0 Å². The SMILES string of the molecule is O=C(O)C(CCCC(CP(c1ccccc1)c1ccccc1)C(=O)O)CP(c1ccccc1)c1ccccc1. The molecule has 4 nitrogen and oxygen atoms in total. The van der Waals surface area contributed by atoms with Gasteiger partial charge in [0.2, 0.25) is 0 Å². The highest BCUT2D eigenvalue weighted by atomic mass is 31.1. The fourth-order valence-electron chi connectivity index (χ4n) is 4.79. The molecule has 0 fully saturated rings. The molecule has 0 aliphatic rings. The monoisotopic (exact) mass is 556 g/mol. The Morgan fingerprint density at radius 3 is 0.974 bits per heavy atom. The van der Waals surface area contributed by atoms with Crippen molar-refractivity contribution in [1.29, 1.82) is 0 Å². The van der Waals surface area contributed by atoms with E-state index in [0.717, 1.165) is 21.2 Å². The third-order valence-electron chi connectivity index (χ3n) is 6.88. The second kappa shape index (κ2) is 14.7. The van der Waals surface area contributed by atoms with Crippen LogP contribution in [0.1, 0.15) is 19.3 Å². The predicted molar refractivity (Wildman–Crippen MR) is 164 cm³/mol. The molecule has 0 spiro atoms. The Labute approximate surface area is 233 Å². The normalized spacial score (nSPS) is 12.8. The van der Waals surface area contributed by atoms with Crippen LogP contribution in [0.2, 0.25) is 0 Å². The Morgan fingerprint density at radius 2 is 0.744 bits per heavy atom. The molecular weight excluding hydrogens is 522 g/mol. The molecule has 0 saturated heterocycles. The molecule has 200 valence electrons. The Balaban J connectivity index is 1.46. The smallest absolute Gasteiger partial charge is 0.306 e. The lowest BCUT2D eigenvalue weighted by atomic mass is 9.98. The molecule has 0 heterocycles. The van der Waals surface area contributed by atoms with Crippen molar-refractivity contribution in [3.63, 3.8) is 0 Å². The van der Waals surface area contributed by atoms with Gasteiger partial charge >= 0.3 is 11.9 Å². The van der Waals surface area contributed by atoms with E-state index in [0.29, 0.717) is 31.6 Å². The van der Waals surface area contributed by atoms with Gasteiger partial charge in [-0.05, 0) is 62.2 Å². The summed E-state index contributed by atoms with van der Waals surface area (Å²) in [4.78, 5) is 24.7. The van der Waals surface area contributed by atoms with E-state index in [1.165, 1.54) is 0 Å². The van der Waals surface area contributed by atoms with Crippen molar-refractivity contribution in [1.82, 2.24) is 0 Å². The summed E-state index contributed by atoms with van der Waals surface area (Å²) in [6.45, 7) is 0. The van der Waals surface area contributed by atoms with Crippen LogP contribution in [0.15, 0.2) is 121 Å². The fraction of sp³-hybridized carbons (Fsp3) is 0.212. The van der Waals surface area contributed by atoms with Crippen molar-refractivity contribution in [2.24, 2.45) is 11.8 Å². The molecule has 39 heavy (non-hydrogen) atoms. The molecule has 0 aliphatic carbocycles. The van der Waals surface area contributed by atoms with E-state index in [2.05, 4.69) is 48.5 Å². The predicted octanol–water partition coefficient (Wildman–Crippen LogP) is 5.82. The minimum absolute atomic E-state index is 0.464. The van der Waals surface area contributed by atoms with Crippen LogP contribution in [-0.2, 0) is 9.59 Å². The van der Waals surface area contributed by atoms with Crippen LogP contribution in [0.4, 0.5) is 0 Å². The Bertz CT molecular complexity index is 1120. The number of hydrogen-bond donors (Lipinski definition) is 2. The summed E-state index contributed by atoms with van der Waals surface area (Å²) in [7, 11) is -1.67.